The molecule has 9 nitrogen and oxygen atoms in total. The minimum atomic E-state index is -1.24. The molecule has 0 spiro atoms. The summed E-state index contributed by atoms with van der Waals surface area (Å²) in [5.74, 6) is 0.361. The molecule has 0 unspecified atom stereocenters. The molecule has 3 aliphatic carbocycles. The predicted octanol–water partition coefficient (Wildman–Crippen LogP) is 4.38. The maximum Gasteiger partial charge on any atom is 0.481 e. The van der Waals surface area contributed by atoms with Crippen LogP contribution in [0.4, 0.5) is 4.79 Å². The van der Waals surface area contributed by atoms with E-state index in [0.29, 0.717) is 18.3 Å². The number of aliphatic hydroxyl groups is 1. The topological polar surface area (TPSA) is 119 Å². The summed E-state index contributed by atoms with van der Waals surface area (Å²) >= 11 is 0. The lowest BCUT2D eigenvalue weighted by Crippen LogP contribution is -2.65. The largest absolute Gasteiger partial charge is 0.481 e. The van der Waals surface area contributed by atoms with Gasteiger partial charge in [-0.05, 0) is 67.9 Å². The summed E-state index contributed by atoms with van der Waals surface area (Å²) < 4.78 is 18.4. The minimum absolute atomic E-state index is 0.0164. The van der Waals surface area contributed by atoms with Crippen molar-refractivity contribution >= 4 is 19.1 Å². The Kier molecular flexibility index (Phi) is 8.20. The second-order valence-electron chi connectivity index (χ2n) is 13.1. The highest BCUT2D eigenvalue weighted by Gasteiger charge is 2.68. The van der Waals surface area contributed by atoms with Gasteiger partial charge in [0.1, 0.15) is 6.04 Å². The standard InChI is InChI=1S/C31H42BN3O6/c1-18(2)14-25(32-40-24-16-22-15-23(30(22,4)5)31(24,6)41-32)34-28(37)27(19(3)36)35-29(38)39-26-13-12-21(17-33-26)20-10-8-7-9-11-20/h7-13,17-19,22-25,27,36H,14-16H2,1-6H3,(H,34,37)(H,35,38)/t19-,22+,23+,24-,25+,27+,31+/m1/s1. The zero-order valence-corrected chi connectivity index (χ0v) is 24.8. The fourth-order valence-electron chi connectivity index (χ4n) is 6.99. The molecule has 2 amide bonds. The first-order valence-corrected chi connectivity index (χ1v) is 14.7. The van der Waals surface area contributed by atoms with Crippen molar-refractivity contribution in [3.63, 3.8) is 0 Å². The molecule has 4 fully saturated rings. The van der Waals surface area contributed by atoms with Crippen LogP contribution in [-0.4, -0.2) is 59.0 Å². The minimum Gasteiger partial charge on any atom is -0.404 e. The van der Waals surface area contributed by atoms with Crippen LogP contribution in [0.2, 0.25) is 0 Å². The summed E-state index contributed by atoms with van der Waals surface area (Å²) in [6.45, 7) is 12.3. The fraction of sp³-hybridized carbons (Fsp3) is 0.581. The van der Waals surface area contributed by atoms with Crippen molar-refractivity contribution in [1.82, 2.24) is 15.6 Å². The van der Waals surface area contributed by atoms with E-state index >= 15 is 0 Å². The average molecular weight is 564 g/mol. The van der Waals surface area contributed by atoms with Crippen molar-refractivity contribution in [2.75, 3.05) is 0 Å². The smallest absolute Gasteiger partial charge is 0.404 e. The van der Waals surface area contributed by atoms with Gasteiger partial charge in [0.25, 0.3) is 0 Å². The SMILES string of the molecule is CC(C)C[C@H](NC(=O)[C@@H](NC(=O)Oc1ccc(-c2ccccc2)cn1)[C@@H](C)O)B1O[C@@H]2C[C@@H]3C[C@@H](C3(C)C)[C@]2(C)O1. The number of benzene rings is 1. The van der Waals surface area contributed by atoms with Gasteiger partial charge in [-0.3, -0.25) is 4.79 Å². The van der Waals surface area contributed by atoms with Gasteiger partial charge in [0.15, 0.2) is 0 Å². The normalized spacial score (nSPS) is 28.2. The van der Waals surface area contributed by atoms with Crippen molar-refractivity contribution in [3.05, 3.63) is 48.7 Å². The second kappa shape index (κ2) is 11.4. The van der Waals surface area contributed by atoms with Crippen LogP contribution in [0.25, 0.3) is 11.1 Å². The Labute approximate surface area is 242 Å². The van der Waals surface area contributed by atoms with E-state index in [1.165, 1.54) is 6.92 Å². The van der Waals surface area contributed by atoms with Crippen molar-refractivity contribution in [2.24, 2.45) is 23.2 Å². The molecule has 41 heavy (non-hydrogen) atoms. The van der Waals surface area contributed by atoms with Crippen molar-refractivity contribution < 1.29 is 28.7 Å². The number of aromatic nitrogens is 1. The number of aliphatic hydroxyl groups excluding tert-OH is 1. The van der Waals surface area contributed by atoms with Gasteiger partial charge in [-0.25, -0.2) is 9.78 Å². The summed E-state index contributed by atoms with van der Waals surface area (Å²) in [7, 11) is -0.611. The first-order valence-electron chi connectivity index (χ1n) is 14.7. The zero-order valence-electron chi connectivity index (χ0n) is 24.8. The number of amides is 2. The first-order chi connectivity index (χ1) is 19.4. The van der Waals surface area contributed by atoms with Crippen LogP contribution in [-0.2, 0) is 14.1 Å². The highest BCUT2D eigenvalue weighted by atomic mass is 16.7. The molecule has 10 heteroatoms. The Morgan fingerprint density at radius 3 is 2.41 bits per heavy atom. The molecule has 1 saturated heterocycles. The Balaban J connectivity index is 1.22. The number of pyridine rings is 1. The monoisotopic (exact) mass is 563 g/mol. The molecule has 2 aromatic rings. The van der Waals surface area contributed by atoms with Crippen LogP contribution in [0.5, 0.6) is 5.88 Å². The van der Waals surface area contributed by atoms with Crippen LogP contribution in [0.15, 0.2) is 48.7 Å². The van der Waals surface area contributed by atoms with Gasteiger partial charge in [0.05, 0.1) is 23.8 Å². The second-order valence-corrected chi connectivity index (χ2v) is 13.1. The maximum atomic E-state index is 13.4. The molecule has 3 saturated carbocycles. The third-order valence-electron chi connectivity index (χ3n) is 9.43. The Hall–Kier alpha value is -2.95. The average Bonchev–Trinajstić information content (AvgIpc) is 3.29. The van der Waals surface area contributed by atoms with Crippen LogP contribution in [0.1, 0.15) is 60.8 Å². The molecule has 6 rings (SSSR count). The molecule has 7 atom stereocenters. The van der Waals surface area contributed by atoms with Gasteiger partial charge in [0, 0.05) is 17.8 Å². The number of rotatable bonds is 9. The van der Waals surface area contributed by atoms with Crippen LogP contribution in [0.3, 0.4) is 0 Å². The van der Waals surface area contributed by atoms with E-state index in [0.717, 1.165) is 24.0 Å². The quantitative estimate of drug-likeness (QED) is 0.388. The van der Waals surface area contributed by atoms with Crippen LogP contribution >= 0.6 is 0 Å². The summed E-state index contributed by atoms with van der Waals surface area (Å²) in [6.07, 6.45) is 2.23. The summed E-state index contributed by atoms with van der Waals surface area (Å²) in [5, 5.41) is 15.9. The lowest BCUT2D eigenvalue weighted by Gasteiger charge is -2.64. The van der Waals surface area contributed by atoms with E-state index in [1.54, 1.807) is 18.3 Å². The van der Waals surface area contributed by atoms with Crippen LogP contribution < -0.4 is 15.4 Å². The third kappa shape index (κ3) is 5.87. The summed E-state index contributed by atoms with van der Waals surface area (Å²) in [6, 6.07) is 11.9. The number of ether oxygens (including phenoxy) is 1. The lowest BCUT2D eigenvalue weighted by atomic mass is 9.43. The Bertz CT molecular complexity index is 1240. The molecule has 4 aliphatic rings. The molecule has 1 aromatic carbocycles. The van der Waals surface area contributed by atoms with E-state index in [4.69, 9.17) is 14.0 Å². The molecule has 0 radical (unpaired) electrons. The van der Waals surface area contributed by atoms with E-state index in [-0.39, 0.29) is 23.3 Å². The number of carbonyl (C=O) groups is 2. The van der Waals surface area contributed by atoms with Crippen molar-refractivity contribution in [3.8, 4) is 17.0 Å². The fourth-order valence-corrected chi connectivity index (χ4v) is 6.99. The van der Waals surface area contributed by atoms with Gasteiger partial charge in [0.2, 0.25) is 11.8 Å². The molecule has 2 heterocycles. The molecule has 1 aliphatic heterocycles. The number of nitrogens with zero attached hydrogens (tertiary/aromatic N) is 1. The first kappa shape index (κ1) is 29.5. The highest BCUT2D eigenvalue weighted by Crippen LogP contribution is 2.65. The summed E-state index contributed by atoms with van der Waals surface area (Å²) in [4.78, 5) is 30.3. The van der Waals surface area contributed by atoms with Gasteiger partial charge >= 0.3 is 13.2 Å². The number of nitrogens with one attached hydrogen (secondary N) is 2. The van der Waals surface area contributed by atoms with Crippen molar-refractivity contribution in [2.45, 2.75) is 90.6 Å². The van der Waals surface area contributed by atoms with Crippen LogP contribution in [0, 0.1) is 23.2 Å². The lowest BCUT2D eigenvalue weighted by molar-refractivity contribution is -0.199. The molecular weight excluding hydrogens is 521 g/mol. The predicted molar refractivity (Wildman–Crippen MR) is 156 cm³/mol. The highest BCUT2D eigenvalue weighted by molar-refractivity contribution is 6.48. The zero-order chi connectivity index (χ0) is 29.5. The molecule has 2 bridgehead atoms. The molecule has 1 aromatic heterocycles. The Morgan fingerprint density at radius 1 is 1.07 bits per heavy atom. The van der Waals surface area contributed by atoms with Gasteiger partial charge in [-0.15, -0.1) is 0 Å². The van der Waals surface area contributed by atoms with E-state index < -0.39 is 42.8 Å². The van der Waals surface area contributed by atoms with E-state index in [1.807, 2.05) is 30.3 Å². The molecule has 220 valence electrons. The number of hydrogen-bond donors (Lipinski definition) is 3. The molecular formula is C31H42BN3O6. The van der Waals surface area contributed by atoms with Gasteiger partial charge < -0.3 is 29.8 Å². The van der Waals surface area contributed by atoms with Gasteiger partial charge in [-0.2, -0.15) is 0 Å². The maximum absolute atomic E-state index is 13.4. The van der Waals surface area contributed by atoms with E-state index in [9.17, 15) is 14.7 Å². The van der Waals surface area contributed by atoms with Crippen molar-refractivity contribution in [1.29, 1.82) is 0 Å². The molecule has 3 N–H and O–H groups in total. The number of carbonyl (C=O) groups excluding carboxylic acids is 2. The summed E-state index contributed by atoms with van der Waals surface area (Å²) in [5.41, 5.74) is 1.67. The van der Waals surface area contributed by atoms with E-state index in [2.05, 4.69) is 50.2 Å². The third-order valence-corrected chi connectivity index (χ3v) is 9.43. The van der Waals surface area contributed by atoms with Gasteiger partial charge in [-0.1, -0.05) is 58.0 Å². The number of hydrogen-bond acceptors (Lipinski definition) is 7. The Morgan fingerprint density at radius 2 is 1.80 bits per heavy atom.